The van der Waals surface area contributed by atoms with Gasteiger partial charge in [-0.1, -0.05) is 40.0 Å². The van der Waals surface area contributed by atoms with Crippen molar-refractivity contribution in [3.8, 4) is 0 Å². The summed E-state index contributed by atoms with van der Waals surface area (Å²) in [6.45, 7) is 7.35. The highest BCUT2D eigenvalue weighted by atomic mass is 14.7. The largest absolute Gasteiger partial charge is 0.0654 e. The maximum absolute atomic E-state index is 2.53. The van der Waals surface area contributed by atoms with E-state index in [1.807, 2.05) is 0 Å². The molecular weight excluding hydrogens is 204 g/mol. The first kappa shape index (κ1) is 12.1. The molecule has 0 aromatic rings. The van der Waals surface area contributed by atoms with Gasteiger partial charge in [-0.15, -0.1) is 0 Å². The molecule has 0 heterocycles. The highest BCUT2D eigenvalue weighted by Crippen LogP contribution is 2.67. The van der Waals surface area contributed by atoms with E-state index in [-0.39, 0.29) is 0 Å². The molecule has 0 heteroatoms. The van der Waals surface area contributed by atoms with Crippen molar-refractivity contribution in [2.75, 3.05) is 0 Å². The molecule has 7 atom stereocenters. The van der Waals surface area contributed by atoms with Crippen molar-refractivity contribution in [1.82, 2.24) is 0 Å². The Bertz CT molecular complexity index is 269. The zero-order chi connectivity index (χ0) is 12.0. The van der Waals surface area contributed by atoms with E-state index < -0.39 is 0 Å². The lowest BCUT2D eigenvalue weighted by molar-refractivity contribution is -0.186. The molecule has 0 aromatic carbocycles. The summed E-state index contributed by atoms with van der Waals surface area (Å²) in [6.07, 6.45) is 10.6. The molecule has 0 amide bonds. The van der Waals surface area contributed by atoms with E-state index in [9.17, 15) is 0 Å². The second-order valence-corrected chi connectivity index (χ2v) is 7.58. The van der Waals surface area contributed by atoms with Crippen LogP contribution in [0.2, 0.25) is 0 Å². The molecule has 0 radical (unpaired) electrons. The van der Waals surface area contributed by atoms with Gasteiger partial charge in [0.25, 0.3) is 0 Å². The Hall–Kier alpha value is 0. The van der Waals surface area contributed by atoms with Gasteiger partial charge in [0.2, 0.25) is 0 Å². The fourth-order valence-corrected chi connectivity index (χ4v) is 5.54. The van der Waals surface area contributed by atoms with Gasteiger partial charge in [0.1, 0.15) is 0 Å². The lowest BCUT2D eigenvalue weighted by Gasteiger charge is -2.67. The molecule has 0 N–H and O–H groups in total. The van der Waals surface area contributed by atoms with Crippen molar-refractivity contribution in [3.05, 3.63) is 0 Å². The molecule has 3 aliphatic rings. The summed E-state index contributed by atoms with van der Waals surface area (Å²) >= 11 is 0. The lowest BCUT2D eigenvalue weighted by Crippen LogP contribution is -2.60. The minimum atomic E-state index is 0.989. The fourth-order valence-electron chi connectivity index (χ4n) is 5.54. The van der Waals surface area contributed by atoms with Crippen LogP contribution in [-0.2, 0) is 0 Å². The minimum Gasteiger partial charge on any atom is -0.0654 e. The van der Waals surface area contributed by atoms with Gasteiger partial charge in [0.05, 0.1) is 0 Å². The number of unbranched alkanes of at least 4 members (excludes halogenated alkanes) is 1. The van der Waals surface area contributed by atoms with E-state index in [1.54, 1.807) is 19.3 Å². The van der Waals surface area contributed by atoms with Gasteiger partial charge in [-0.2, -0.15) is 0 Å². The Morgan fingerprint density at radius 1 is 1.12 bits per heavy atom. The predicted octanol–water partition coefficient (Wildman–Crippen LogP) is 5.13. The third-order valence-electron chi connectivity index (χ3n) is 6.49. The highest BCUT2D eigenvalue weighted by molar-refractivity contribution is 5.09. The Balaban J connectivity index is 1.48. The summed E-state index contributed by atoms with van der Waals surface area (Å²) in [7, 11) is 0. The first-order valence-electron chi connectivity index (χ1n) is 8.20. The molecule has 7 unspecified atom stereocenters. The van der Waals surface area contributed by atoms with Crippen molar-refractivity contribution in [2.24, 2.45) is 41.4 Å². The van der Waals surface area contributed by atoms with Crippen LogP contribution in [0.1, 0.15) is 65.7 Å². The van der Waals surface area contributed by atoms with Gasteiger partial charge in [-0.3, -0.25) is 0 Å². The molecule has 3 fully saturated rings. The van der Waals surface area contributed by atoms with Crippen LogP contribution >= 0.6 is 0 Å². The van der Waals surface area contributed by atoms with Crippen LogP contribution < -0.4 is 0 Å². The van der Waals surface area contributed by atoms with Crippen LogP contribution in [0, 0.1) is 41.4 Å². The molecule has 0 saturated heterocycles. The lowest BCUT2D eigenvalue weighted by atomic mass is 9.38. The van der Waals surface area contributed by atoms with Gasteiger partial charge in [-0.05, 0) is 67.1 Å². The van der Waals surface area contributed by atoms with Crippen molar-refractivity contribution < 1.29 is 0 Å². The van der Waals surface area contributed by atoms with Crippen LogP contribution in [0.5, 0.6) is 0 Å². The van der Waals surface area contributed by atoms with E-state index in [4.69, 9.17) is 0 Å². The normalized spacial score (nSPS) is 48.9. The van der Waals surface area contributed by atoms with Crippen LogP contribution in [0.15, 0.2) is 0 Å². The molecule has 3 rings (SSSR count). The minimum absolute atomic E-state index is 0.989. The molecule has 3 saturated carbocycles. The fraction of sp³-hybridized carbons (Fsp3) is 1.00. The zero-order valence-corrected chi connectivity index (χ0v) is 12.0. The zero-order valence-electron chi connectivity index (χ0n) is 12.0. The summed E-state index contributed by atoms with van der Waals surface area (Å²) in [5.41, 5.74) is 0. The summed E-state index contributed by atoms with van der Waals surface area (Å²) in [5.74, 6) is 7.86. The van der Waals surface area contributed by atoms with Crippen molar-refractivity contribution >= 4 is 0 Å². The maximum Gasteiger partial charge on any atom is -0.0323 e. The predicted molar refractivity (Wildman–Crippen MR) is 73.8 cm³/mol. The molecule has 0 nitrogen and oxygen atoms in total. The van der Waals surface area contributed by atoms with Crippen molar-refractivity contribution in [3.63, 3.8) is 0 Å². The summed E-state index contributed by atoms with van der Waals surface area (Å²) in [6, 6.07) is 0. The number of hydrogen-bond acceptors (Lipinski definition) is 0. The van der Waals surface area contributed by atoms with E-state index in [1.165, 1.54) is 43.4 Å². The van der Waals surface area contributed by atoms with Gasteiger partial charge >= 0.3 is 0 Å². The van der Waals surface area contributed by atoms with Gasteiger partial charge < -0.3 is 0 Å². The van der Waals surface area contributed by atoms with Gasteiger partial charge in [0, 0.05) is 0 Å². The average molecular weight is 234 g/mol. The van der Waals surface area contributed by atoms with Crippen LogP contribution in [0.25, 0.3) is 0 Å². The third kappa shape index (κ3) is 1.96. The summed E-state index contributed by atoms with van der Waals surface area (Å²) in [5, 5.41) is 0. The van der Waals surface area contributed by atoms with E-state index in [0.717, 1.165) is 23.7 Å². The summed E-state index contributed by atoms with van der Waals surface area (Å²) in [4.78, 5) is 0. The Labute approximate surface area is 108 Å². The molecule has 3 aliphatic carbocycles. The topological polar surface area (TPSA) is 0 Å². The van der Waals surface area contributed by atoms with Crippen molar-refractivity contribution in [2.45, 2.75) is 65.7 Å². The summed E-state index contributed by atoms with van der Waals surface area (Å²) < 4.78 is 0. The maximum atomic E-state index is 2.53. The second kappa shape index (κ2) is 4.59. The van der Waals surface area contributed by atoms with Crippen molar-refractivity contribution in [1.29, 1.82) is 0 Å². The Morgan fingerprint density at radius 3 is 2.65 bits per heavy atom. The highest BCUT2D eigenvalue weighted by Gasteiger charge is 2.60. The first-order valence-corrected chi connectivity index (χ1v) is 8.20. The third-order valence-corrected chi connectivity index (χ3v) is 6.49. The van der Waals surface area contributed by atoms with E-state index in [2.05, 4.69) is 20.8 Å². The Morgan fingerprint density at radius 2 is 1.88 bits per heavy atom. The molecule has 0 aliphatic heterocycles. The van der Waals surface area contributed by atoms with Gasteiger partial charge in [-0.25, -0.2) is 0 Å². The van der Waals surface area contributed by atoms with Crippen LogP contribution in [-0.4, -0.2) is 0 Å². The van der Waals surface area contributed by atoms with E-state index >= 15 is 0 Å². The number of rotatable bonds is 5. The van der Waals surface area contributed by atoms with Gasteiger partial charge in [0.15, 0.2) is 0 Å². The molecule has 0 aromatic heterocycles. The quantitative estimate of drug-likeness (QED) is 0.618. The van der Waals surface area contributed by atoms with Crippen LogP contribution in [0.4, 0.5) is 0 Å². The van der Waals surface area contributed by atoms with Crippen LogP contribution in [0.3, 0.4) is 0 Å². The van der Waals surface area contributed by atoms with E-state index in [0.29, 0.717) is 0 Å². The SMILES string of the molecule is CCCCC(C)CC1CC2CC3C(C)C(C1)C23. The molecule has 0 bridgehead atoms. The standard InChI is InChI=1S/C17H30/c1-4-5-6-11(2)7-13-8-14-10-16-12(3)15(9-13)17(14)16/h11-17H,4-10H2,1-3H3. The monoisotopic (exact) mass is 234 g/mol. The molecule has 17 heavy (non-hydrogen) atoms. The molecule has 98 valence electrons. The molecule has 0 spiro atoms. The smallest absolute Gasteiger partial charge is 0.0323 e. The Kier molecular flexibility index (Phi) is 3.26. The number of hydrogen-bond donors (Lipinski definition) is 0. The molecular formula is C17H30. The first-order chi connectivity index (χ1) is 8.20. The second-order valence-electron chi connectivity index (χ2n) is 7.58. The average Bonchev–Trinajstić information content (AvgIpc) is 2.28.